The first-order chi connectivity index (χ1) is 13.1. The van der Waals surface area contributed by atoms with Crippen LogP contribution in [0.5, 0.6) is 0 Å². The molecule has 0 N–H and O–H groups in total. The zero-order valence-electron chi connectivity index (χ0n) is 15.5. The van der Waals surface area contributed by atoms with Gasteiger partial charge in [0.1, 0.15) is 11.5 Å². The van der Waals surface area contributed by atoms with E-state index in [4.69, 9.17) is 0 Å². The van der Waals surface area contributed by atoms with Gasteiger partial charge in [-0.25, -0.2) is 9.37 Å². The van der Waals surface area contributed by atoms with E-state index < -0.39 is 0 Å². The highest BCUT2D eigenvalue weighted by Gasteiger charge is 2.54. The first kappa shape index (κ1) is 16.9. The SMILES string of the molecule is Cc1cccc(C(=O)N2C[C@H](c3ccc(F)cc3)[C@H]3[C@@H]2C2CCN3CC2)n1. The number of benzene rings is 1. The van der Waals surface area contributed by atoms with Crippen LogP contribution in [0.4, 0.5) is 4.39 Å². The van der Waals surface area contributed by atoms with E-state index in [1.807, 2.05) is 37.3 Å². The summed E-state index contributed by atoms with van der Waals surface area (Å²) in [6, 6.07) is 13.0. The van der Waals surface area contributed by atoms with Crippen molar-refractivity contribution in [2.24, 2.45) is 5.92 Å². The van der Waals surface area contributed by atoms with E-state index in [0.29, 0.717) is 24.2 Å². The molecule has 4 nitrogen and oxygen atoms in total. The van der Waals surface area contributed by atoms with Crippen LogP contribution in [0.2, 0.25) is 0 Å². The lowest BCUT2D eigenvalue weighted by molar-refractivity contribution is -0.00358. The number of hydrogen-bond acceptors (Lipinski definition) is 3. The second-order valence-corrected chi connectivity index (χ2v) is 8.13. The molecule has 4 fully saturated rings. The second kappa shape index (κ2) is 6.41. The number of aromatic nitrogens is 1. The number of nitrogens with zero attached hydrogens (tertiary/aromatic N) is 3. The third kappa shape index (κ3) is 2.76. The van der Waals surface area contributed by atoms with Crippen LogP contribution < -0.4 is 0 Å². The fraction of sp³-hybridized carbons (Fsp3) is 0.455. The third-order valence-electron chi connectivity index (χ3n) is 6.66. The van der Waals surface area contributed by atoms with Gasteiger partial charge in [-0.2, -0.15) is 0 Å². The van der Waals surface area contributed by atoms with E-state index in [2.05, 4.69) is 14.8 Å². The van der Waals surface area contributed by atoms with Crippen LogP contribution in [-0.2, 0) is 0 Å². The molecule has 4 aliphatic rings. The molecule has 2 bridgehead atoms. The average Bonchev–Trinajstić information content (AvgIpc) is 3.12. The quantitative estimate of drug-likeness (QED) is 0.820. The van der Waals surface area contributed by atoms with E-state index in [9.17, 15) is 9.18 Å². The largest absolute Gasteiger partial charge is 0.332 e. The Labute approximate surface area is 159 Å². The number of pyridine rings is 1. The Bertz CT molecular complexity index is 860. The standard InChI is InChI=1S/C22H24FN3O/c1-14-3-2-4-19(24-14)22(27)26-13-18(15-5-7-17(23)8-6-15)21-20(26)16-9-11-25(21)12-10-16/h2-8,16,18,20-21H,9-13H2,1H3/t18-,20+,21+/m1/s1. The van der Waals surface area contributed by atoms with Gasteiger partial charge in [-0.05, 0) is 68.6 Å². The number of carbonyl (C=O) groups is 1. The molecule has 1 aromatic heterocycles. The smallest absolute Gasteiger partial charge is 0.272 e. The van der Waals surface area contributed by atoms with Crippen molar-refractivity contribution in [1.82, 2.24) is 14.8 Å². The number of rotatable bonds is 2. The van der Waals surface area contributed by atoms with Crippen molar-refractivity contribution in [3.05, 3.63) is 65.2 Å². The molecule has 0 saturated carbocycles. The Kier molecular flexibility index (Phi) is 4.01. The van der Waals surface area contributed by atoms with Gasteiger partial charge in [-0.1, -0.05) is 18.2 Å². The minimum atomic E-state index is -0.212. The van der Waals surface area contributed by atoms with Crippen molar-refractivity contribution in [2.75, 3.05) is 19.6 Å². The number of carbonyl (C=O) groups excluding carboxylic acids is 1. The summed E-state index contributed by atoms with van der Waals surface area (Å²) in [6.07, 6.45) is 2.31. The summed E-state index contributed by atoms with van der Waals surface area (Å²) in [5, 5.41) is 0. The van der Waals surface area contributed by atoms with Crippen LogP contribution in [0.15, 0.2) is 42.5 Å². The van der Waals surface area contributed by atoms with E-state index in [-0.39, 0.29) is 23.7 Å². The maximum atomic E-state index is 13.4. The number of halogens is 1. The van der Waals surface area contributed by atoms with Crippen LogP contribution in [-0.4, -0.2) is 52.4 Å². The molecule has 4 aliphatic heterocycles. The van der Waals surface area contributed by atoms with Crippen LogP contribution >= 0.6 is 0 Å². The first-order valence-corrected chi connectivity index (χ1v) is 9.86. The fourth-order valence-electron chi connectivity index (χ4n) is 5.47. The lowest BCUT2D eigenvalue weighted by atomic mass is 9.75. The number of aryl methyl sites for hydroxylation is 1. The van der Waals surface area contributed by atoms with E-state index in [0.717, 1.165) is 37.2 Å². The lowest BCUT2D eigenvalue weighted by Crippen LogP contribution is -2.60. The molecule has 5 heteroatoms. The highest BCUT2D eigenvalue weighted by molar-refractivity contribution is 5.93. The van der Waals surface area contributed by atoms with Crippen molar-refractivity contribution in [3.8, 4) is 0 Å². The highest BCUT2D eigenvalue weighted by Crippen LogP contribution is 2.46. The summed E-state index contributed by atoms with van der Waals surface area (Å²) in [5.41, 5.74) is 2.53. The summed E-state index contributed by atoms with van der Waals surface area (Å²) >= 11 is 0. The van der Waals surface area contributed by atoms with E-state index >= 15 is 0 Å². The molecule has 5 heterocycles. The highest BCUT2D eigenvalue weighted by atomic mass is 19.1. The number of fused-ring (bicyclic) bond motifs is 2. The van der Waals surface area contributed by atoms with Crippen LogP contribution in [0, 0.1) is 18.7 Å². The van der Waals surface area contributed by atoms with Gasteiger partial charge in [0.25, 0.3) is 5.91 Å². The molecule has 0 unspecified atom stereocenters. The fourth-order valence-corrected chi connectivity index (χ4v) is 5.47. The van der Waals surface area contributed by atoms with Crippen molar-refractivity contribution < 1.29 is 9.18 Å². The van der Waals surface area contributed by atoms with Crippen LogP contribution in [0.3, 0.4) is 0 Å². The number of hydrogen-bond donors (Lipinski definition) is 0. The molecular formula is C22H24FN3O. The predicted molar refractivity (Wildman–Crippen MR) is 101 cm³/mol. The normalized spacial score (nSPS) is 31.8. The maximum absolute atomic E-state index is 13.4. The summed E-state index contributed by atoms with van der Waals surface area (Å²) < 4.78 is 13.4. The lowest BCUT2D eigenvalue weighted by Gasteiger charge is -2.51. The molecule has 4 saturated heterocycles. The van der Waals surface area contributed by atoms with Gasteiger partial charge in [0.2, 0.25) is 0 Å². The first-order valence-electron chi connectivity index (χ1n) is 9.86. The maximum Gasteiger partial charge on any atom is 0.272 e. The molecule has 1 amide bonds. The monoisotopic (exact) mass is 365 g/mol. The van der Waals surface area contributed by atoms with Crippen molar-refractivity contribution >= 4 is 5.91 Å². The zero-order valence-corrected chi connectivity index (χ0v) is 15.5. The predicted octanol–water partition coefficient (Wildman–Crippen LogP) is 3.23. The van der Waals surface area contributed by atoms with Gasteiger partial charge in [0.15, 0.2) is 0 Å². The Balaban J connectivity index is 1.52. The van der Waals surface area contributed by atoms with Gasteiger partial charge >= 0.3 is 0 Å². The average molecular weight is 365 g/mol. The number of likely N-dealkylation sites (tertiary alicyclic amines) is 1. The molecule has 1 aromatic carbocycles. The summed E-state index contributed by atoms with van der Waals surface area (Å²) in [4.78, 5) is 22.4. The van der Waals surface area contributed by atoms with Gasteiger partial charge < -0.3 is 4.90 Å². The Morgan fingerprint density at radius 3 is 2.52 bits per heavy atom. The topological polar surface area (TPSA) is 36.4 Å². The Morgan fingerprint density at radius 2 is 1.81 bits per heavy atom. The summed E-state index contributed by atoms with van der Waals surface area (Å²) in [7, 11) is 0. The van der Waals surface area contributed by atoms with Crippen molar-refractivity contribution in [3.63, 3.8) is 0 Å². The zero-order chi connectivity index (χ0) is 18.5. The van der Waals surface area contributed by atoms with Gasteiger partial charge in [-0.15, -0.1) is 0 Å². The molecular weight excluding hydrogens is 341 g/mol. The summed E-state index contributed by atoms with van der Waals surface area (Å²) in [5.74, 6) is 0.606. The molecule has 27 heavy (non-hydrogen) atoms. The minimum absolute atomic E-state index is 0.0343. The van der Waals surface area contributed by atoms with E-state index in [1.54, 1.807) is 0 Å². The Morgan fingerprint density at radius 1 is 1.07 bits per heavy atom. The van der Waals surface area contributed by atoms with Gasteiger partial charge in [-0.3, -0.25) is 9.69 Å². The number of amides is 1. The molecule has 2 aromatic rings. The summed E-state index contributed by atoms with van der Waals surface area (Å²) in [6.45, 7) is 4.81. The molecule has 0 radical (unpaired) electrons. The third-order valence-corrected chi connectivity index (χ3v) is 6.66. The second-order valence-electron chi connectivity index (χ2n) is 8.13. The molecule has 3 atom stereocenters. The molecule has 0 aliphatic carbocycles. The molecule has 6 rings (SSSR count). The van der Waals surface area contributed by atoms with Crippen molar-refractivity contribution in [2.45, 2.75) is 37.8 Å². The molecule has 140 valence electrons. The van der Waals surface area contributed by atoms with Gasteiger partial charge in [0.05, 0.1) is 6.04 Å². The number of piperidine rings is 3. The van der Waals surface area contributed by atoms with Crippen LogP contribution in [0.25, 0.3) is 0 Å². The Hall–Kier alpha value is -2.27. The minimum Gasteiger partial charge on any atom is -0.332 e. The van der Waals surface area contributed by atoms with Crippen LogP contribution in [0.1, 0.15) is 40.5 Å². The van der Waals surface area contributed by atoms with Crippen molar-refractivity contribution in [1.29, 1.82) is 0 Å². The van der Waals surface area contributed by atoms with E-state index in [1.165, 1.54) is 12.1 Å². The van der Waals surface area contributed by atoms with Gasteiger partial charge in [0, 0.05) is 24.2 Å². The molecule has 0 spiro atoms.